The predicted octanol–water partition coefficient (Wildman–Crippen LogP) is 4.94. The summed E-state index contributed by atoms with van der Waals surface area (Å²) in [6.45, 7) is 2.83. The Balaban J connectivity index is 1.04. The van der Waals surface area contributed by atoms with E-state index in [9.17, 15) is 0 Å². The molecule has 1 saturated heterocycles. The summed E-state index contributed by atoms with van der Waals surface area (Å²) in [6, 6.07) is 24.6. The van der Waals surface area contributed by atoms with Gasteiger partial charge in [0.2, 0.25) is 0 Å². The molecule has 40 heavy (non-hydrogen) atoms. The molecule has 0 saturated carbocycles. The van der Waals surface area contributed by atoms with Crippen LogP contribution in [0.3, 0.4) is 0 Å². The second-order valence-electron chi connectivity index (χ2n) is 10.1. The van der Waals surface area contributed by atoms with Gasteiger partial charge < -0.3 is 0 Å². The highest BCUT2D eigenvalue weighted by Crippen LogP contribution is 2.33. The molecule has 1 fully saturated rings. The summed E-state index contributed by atoms with van der Waals surface area (Å²) < 4.78 is 1.86. The number of benzene rings is 2. The smallest absolute Gasteiger partial charge is 0.174 e. The first-order chi connectivity index (χ1) is 19.7. The van der Waals surface area contributed by atoms with Gasteiger partial charge in [-0.25, -0.2) is 15.0 Å². The van der Waals surface area contributed by atoms with Crippen molar-refractivity contribution in [2.75, 3.05) is 13.1 Å². The zero-order chi connectivity index (χ0) is 26.9. The Bertz CT molecular complexity index is 1730. The van der Waals surface area contributed by atoms with Crippen LogP contribution >= 0.6 is 0 Å². The van der Waals surface area contributed by atoms with Crippen molar-refractivity contribution < 1.29 is 0 Å². The number of nitrogens with zero attached hydrogens (tertiary/aromatic N) is 8. The topological polar surface area (TPSA) is 108 Å². The summed E-state index contributed by atoms with van der Waals surface area (Å²) >= 11 is 0. The molecule has 3 aromatic heterocycles. The molecule has 0 aliphatic carbocycles. The number of pyridine rings is 1. The quantitative estimate of drug-likeness (QED) is 0.338. The Labute approximate surface area is 231 Å². The molecule has 2 aliphatic rings. The number of hydrogen-bond donors (Lipinski definition) is 1. The van der Waals surface area contributed by atoms with Gasteiger partial charge in [0.15, 0.2) is 11.5 Å². The fourth-order valence-electron chi connectivity index (χ4n) is 5.49. The summed E-state index contributed by atoms with van der Waals surface area (Å²) in [6.07, 6.45) is 7.13. The third kappa shape index (κ3) is 4.60. The lowest BCUT2D eigenvalue weighted by Gasteiger charge is -2.31. The number of piperidine rings is 1. The number of rotatable bonds is 6. The van der Waals surface area contributed by atoms with Gasteiger partial charge in [0.05, 0.1) is 17.0 Å². The first kappa shape index (κ1) is 24.2. The molecule has 0 amide bonds. The molecule has 196 valence electrons. The van der Waals surface area contributed by atoms with Gasteiger partial charge in [-0.15, -0.1) is 10.2 Å². The molecule has 7 rings (SSSR count). The predicted molar refractivity (Wildman–Crippen MR) is 156 cm³/mol. The van der Waals surface area contributed by atoms with Crippen LogP contribution in [0.2, 0.25) is 0 Å². The second kappa shape index (κ2) is 10.3. The highest BCUT2D eigenvalue weighted by molar-refractivity contribution is 6.51. The molecule has 9 heteroatoms. The largest absolute Gasteiger partial charge is 0.299 e. The van der Waals surface area contributed by atoms with Gasteiger partial charge in [0.25, 0.3) is 0 Å². The van der Waals surface area contributed by atoms with E-state index in [1.54, 1.807) is 18.9 Å². The first-order valence-corrected chi connectivity index (χ1v) is 13.5. The van der Waals surface area contributed by atoms with E-state index in [4.69, 9.17) is 15.4 Å². The lowest BCUT2D eigenvalue weighted by Crippen LogP contribution is -2.35. The molecule has 2 aliphatic heterocycles. The van der Waals surface area contributed by atoms with Crippen molar-refractivity contribution in [3.63, 3.8) is 0 Å². The van der Waals surface area contributed by atoms with Gasteiger partial charge in [-0.05, 0) is 49.2 Å². The van der Waals surface area contributed by atoms with Crippen LogP contribution in [-0.2, 0) is 6.54 Å². The van der Waals surface area contributed by atoms with Gasteiger partial charge in [-0.1, -0.05) is 60.7 Å². The minimum Gasteiger partial charge on any atom is -0.299 e. The number of nitrogens with one attached hydrogen (secondary N) is 1. The minimum atomic E-state index is 0.212. The van der Waals surface area contributed by atoms with Crippen molar-refractivity contribution in [3.05, 3.63) is 103 Å². The molecule has 9 nitrogen and oxygen atoms in total. The Morgan fingerprint density at radius 1 is 0.800 bits per heavy atom. The van der Waals surface area contributed by atoms with Crippen molar-refractivity contribution in [1.29, 1.82) is 5.41 Å². The van der Waals surface area contributed by atoms with Crippen LogP contribution < -0.4 is 0 Å². The number of fused-ring (bicyclic) bond motifs is 1. The van der Waals surface area contributed by atoms with Gasteiger partial charge >= 0.3 is 0 Å². The second-order valence-corrected chi connectivity index (χ2v) is 10.1. The SMILES string of the molecule is N=C1N=C(C2CCN(Cc3ccc(-c4ncn5cnnc5c4-c4ccccc4)cc3)CC2)N=C1c1ccccn1. The molecular formula is C31H27N9. The van der Waals surface area contributed by atoms with E-state index >= 15 is 0 Å². The lowest BCUT2D eigenvalue weighted by molar-refractivity contribution is 0.201. The van der Waals surface area contributed by atoms with Crippen LogP contribution in [0.4, 0.5) is 0 Å². The normalized spacial score (nSPS) is 16.4. The maximum Gasteiger partial charge on any atom is 0.174 e. The van der Waals surface area contributed by atoms with Crippen LogP contribution in [0.5, 0.6) is 0 Å². The van der Waals surface area contributed by atoms with Gasteiger partial charge in [0.1, 0.15) is 24.2 Å². The van der Waals surface area contributed by atoms with Gasteiger partial charge in [-0.2, -0.15) is 0 Å². The number of hydrogen-bond acceptors (Lipinski definition) is 7. The molecule has 2 aromatic carbocycles. The lowest BCUT2D eigenvalue weighted by atomic mass is 9.95. The van der Waals surface area contributed by atoms with Gasteiger partial charge in [-0.3, -0.25) is 19.7 Å². The summed E-state index contributed by atoms with van der Waals surface area (Å²) in [5.41, 5.74) is 7.33. The monoisotopic (exact) mass is 525 g/mol. The first-order valence-electron chi connectivity index (χ1n) is 13.5. The zero-order valence-corrected chi connectivity index (χ0v) is 21.9. The average Bonchev–Trinajstić information content (AvgIpc) is 3.65. The molecular weight excluding hydrogens is 498 g/mol. The Hall–Kier alpha value is -4.89. The molecule has 1 N–H and O–H groups in total. The number of amidine groups is 2. The molecule has 5 aromatic rings. The fraction of sp³-hybridized carbons (Fsp3) is 0.194. The zero-order valence-electron chi connectivity index (χ0n) is 21.9. The highest BCUT2D eigenvalue weighted by atomic mass is 15.2. The van der Waals surface area contributed by atoms with Crippen molar-refractivity contribution in [2.45, 2.75) is 19.4 Å². The van der Waals surface area contributed by atoms with E-state index in [-0.39, 0.29) is 11.8 Å². The molecule has 0 atom stereocenters. The molecule has 5 heterocycles. The Kier molecular flexibility index (Phi) is 6.25. The van der Waals surface area contributed by atoms with Crippen LogP contribution in [0.15, 0.2) is 102 Å². The molecule has 0 unspecified atom stereocenters. The van der Waals surface area contributed by atoms with E-state index in [1.807, 2.05) is 40.8 Å². The molecule has 0 bridgehead atoms. The number of aromatic nitrogens is 5. The van der Waals surface area contributed by atoms with Crippen molar-refractivity contribution in [2.24, 2.45) is 15.9 Å². The van der Waals surface area contributed by atoms with Crippen LogP contribution in [-0.4, -0.2) is 59.9 Å². The third-order valence-corrected chi connectivity index (χ3v) is 7.58. The van der Waals surface area contributed by atoms with Gasteiger partial charge in [0, 0.05) is 24.2 Å². The minimum absolute atomic E-state index is 0.212. The summed E-state index contributed by atoms with van der Waals surface area (Å²) in [7, 11) is 0. The third-order valence-electron chi connectivity index (χ3n) is 7.58. The van der Waals surface area contributed by atoms with E-state index in [2.05, 4.69) is 61.5 Å². The van der Waals surface area contributed by atoms with E-state index in [0.29, 0.717) is 11.4 Å². The van der Waals surface area contributed by atoms with Crippen molar-refractivity contribution in [3.8, 4) is 22.4 Å². The van der Waals surface area contributed by atoms with E-state index in [1.165, 1.54) is 5.56 Å². The Morgan fingerprint density at radius 3 is 2.38 bits per heavy atom. The fourth-order valence-corrected chi connectivity index (χ4v) is 5.49. The maximum atomic E-state index is 8.27. The standard InChI is InChI=1S/C31H27N9/c32-29-28(25-8-4-5-15-33-25)36-30(37-29)24-13-16-39(17-14-24)18-21-9-11-23(12-10-21)27-26(22-6-2-1-3-7-22)31-38-35-20-40(31)19-34-27/h1-12,15,19-20,24,32H,13-14,16-18H2. The van der Waals surface area contributed by atoms with Crippen LogP contribution in [0.1, 0.15) is 24.1 Å². The van der Waals surface area contributed by atoms with Crippen LogP contribution in [0.25, 0.3) is 28.0 Å². The number of aliphatic imine (C=N–C) groups is 2. The van der Waals surface area contributed by atoms with E-state index < -0.39 is 0 Å². The molecule has 0 spiro atoms. The summed E-state index contributed by atoms with van der Waals surface area (Å²) in [5, 5.41) is 16.7. The maximum absolute atomic E-state index is 8.27. The Morgan fingerprint density at radius 2 is 1.60 bits per heavy atom. The summed E-state index contributed by atoms with van der Waals surface area (Å²) in [5.74, 6) is 1.26. The van der Waals surface area contributed by atoms with E-state index in [0.717, 1.165) is 66.3 Å². The van der Waals surface area contributed by atoms with Crippen molar-refractivity contribution in [1.82, 2.24) is 29.5 Å². The van der Waals surface area contributed by atoms with Crippen LogP contribution in [0, 0.1) is 11.3 Å². The highest BCUT2D eigenvalue weighted by Gasteiger charge is 2.28. The number of likely N-dealkylation sites (tertiary alicyclic amines) is 1. The summed E-state index contributed by atoms with van der Waals surface area (Å²) in [4.78, 5) is 20.8. The van der Waals surface area contributed by atoms with Crippen molar-refractivity contribution >= 4 is 23.0 Å². The average molecular weight is 526 g/mol. The molecule has 0 radical (unpaired) electrons.